The molecule has 0 saturated carbocycles. The Morgan fingerprint density at radius 2 is 2.00 bits per heavy atom. The normalized spacial score (nSPS) is 11.4. The smallest absolute Gasteiger partial charge is 0.262 e. The van der Waals surface area contributed by atoms with Gasteiger partial charge in [-0.2, -0.15) is 0 Å². The molecule has 0 radical (unpaired) electrons. The van der Waals surface area contributed by atoms with Gasteiger partial charge in [-0.3, -0.25) is 9.59 Å². The molecule has 4 aromatic rings. The highest BCUT2D eigenvalue weighted by atomic mass is 16.3. The van der Waals surface area contributed by atoms with Crippen LogP contribution in [0.2, 0.25) is 0 Å². The molecule has 0 aliphatic heterocycles. The van der Waals surface area contributed by atoms with E-state index >= 15 is 0 Å². The minimum atomic E-state index is -0.159. The van der Waals surface area contributed by atoms with Crippen LogP contribution in [0.25, 0.3) is 16.8 Å². The Hall–Kier alpha value is -3.15. The van der Waals surface area contributed by atoms with E-state index in [0.717, 1.165) is 16.7 Å². The van der Waals surface area contributed by atoms with Crippen molar-refractivity contribution in [3.05, 3.63) is 70.0 Å². The first-order chi connectivity index (χ1) is 12.1. The van der Waals surface area contributed by atoms with Crippen LogP contribution in [0.15, 0.2) is 51.9 Å². The number of para-hydroxylation sites is 2. The third-order valence-corrected chi connectivity index (χ3v) is 4.54. The van der Waals surface area contributed by atoms with Crippen molar-refractivity contribution in [3.63, 3.8) is 0 Å². The number of imidazole rings is 1. The van der Waals surface area contributed by atoms with Gasteiger partial charge in [0.05, 0.1) is 23.8 Å². The van der Waals surface area contributed by atoms with E-state index < -0.39 is 0 Å². The molecule has 0 aliphatic rings. The van der Waals surface area contributed by atoms with Crippen molar-refractivity contribution in [2.75, 3.05) is 0 Å². The van der Waals surface area contributed by atoms with Gasteiger partial charge in [-0.1, -0.05) is 19.1 Å². The third kappa shape index (κ3) is 2.29. The average molecular weight is 335 g/mol. The maximum Gasteiger partial charge on any atom is 0.262 e. The van der Waals surface area contributed by atoms with Crippen molar-refractivity contribution in [2.24, 2.45) is 0 Å². The van der Waals surface area contributed by atoms with Crippen LogP contribution in [0, 0.1) is 6.92 Å². The van der Waals surface area contributed by atoms with Crippen molar-refractivity contribution >= 4 is 22.6 Å². The van der Waals surface area contributed by atoms with Gasteiger partial charge in [-0.05, 0) is 37.6 Å². The van der Waals surface area contributed by atoms with Gasteiger partial charge in [0.1, 0.15) is 0 Å². The lowest BCUT2D eigenvalue weighted by atomic mass is 10.1. The average Bonchev–Trinajstić information content (AvgIpc) is 3.26. The van der Waals surface area contributed by atoms with E-state index in [1.54, 1.807) is 21.1 Å². The number of ketones is 1. The highest BCUT2D eigenvalue weighted by Gasteiger charge is 2.19. The Morgan fingerprint density at radius 1 is 1.20 bits per heavy atom. The molecule has 25 heavy (non-hydrogen) atoms. The minimum absolute atomic E-state index is 0.0689. The van der Waals surface area contributed by atoms with Crippen molar-refractivity contribution in [1.29, 1.82) is 0 Å². The summed E-state index contributed by atoms with van der Waals surface area (Å²) in [4.78, 5) is 30.1. The first-order valence-electron chi connectivity index (χ1n) is 8.18. The standard InChI is InChI=1S/C19H17N3O3/c1-3-13-12(2)21(11-16(23)17-9-6-10-25-17)19-20-14-7-4-5-8-15(14)22(19)18(13)24/h4-10H,3,11H2,1-2H3. The van der Waals surface area contributed by atoms with Gasteiger partial charge in [-0.15, -0.1) is 0 Å². The molecule has 1 aromatic carbocycles. The van der Waals surface area contributed by atoms with Crippen molar-refractivity contribution < 1.29 is 9.21 Å². The summed E-state index contributed by atoms with van der Waals surface area (Å²) >= 11 is 0. The van der Waals surface area contributed by atoms with E-state index in [1.165, 1.54) is 6.26 Å². The number of furan rings is 1. The largest absolute Gasteiger partial charge is 0.461 e. The monoisotopic (exact) mass is 335 g/mol. The van der Waals surface area contributed by atoms with Gasteiger partial charge < -0.3 is 8.98 Å². The Labute approximate surface area is 143 Å². The van der Waals surface area contributed by atoms with Gasteiger partial charge in [0.2, 0.25) is 11.6 Å². The first-order valence-corrected chi connectivity index (χ1v) is 8.18. The molecule has 0 atom stereocenters. The summed E-state index contributed by atoms with van der Waals surface area (Å²) in [6.45, 7) is 3.86. The fourth-order valence-electron chi connectivity index (χ4n) is 3.25. The molecule has 0 amide bonds. The Morgan fingerprint density at radius 3 is 2.72 bits per heavy atom. The molecule has 0 unspecified atom stereocenters. The fourth-order valence-corrected chi connectivity index (χ4v) is 3.25. The summed E-state index contributed by atoms with van der Waals surface area (Å²) in [5.74, 6) is 0.610. The molecule has 0 bridgehead atoms. The van der Waals surface area contributed by atoms with Crippen LogP contribution in [0.4, 0.5) is 0 Å². The second kappa shape index (κ2) is 5.73. The van der Waals surface area contributed by atoms with E-state index in [4.69, 9.17) is 4.42 Å². The number of aromatic nitrogens is 3. The van der Waals surface area contributed by atoms with Crippen molar-refractivity contribution in [3.8, 4) is 0 Å². The second-order valence-electron chi connectivity index (χ2n) is 5.95. The molecule has 126 valence electrons. The minimum Gasteiger partial charge on any atom is -0.461 e. The predicted molar refractivity (Wildman–Crippen MR) is 94.1 cm³/mol. The quantitative estimate of drug-likeness (QED) is 0.538. The van der Waals surface area contributed by atoms with Gasteiger partial charge in [0.15, 0.2) is 5.76 Å². The third-order valence-electron chi connectivity index (χ3n) is 4.54. The van der Waals surface area contributed by atoms with Crippen molar-refractivity contribution in [1.82, 2.24) is 14.0 Å². The topological polar surface area (TPSA) is 69.5 Å². The summed E-state index contributed by atoms with van der Waals surface area (Å²) in [6.07, 6.45) is 2.06. The van der Waals surface area contributed by atoms with Gasteiger partial charge in [0, 0.05) is 11.3 Å². The number of nitrogens with zero attached hydrogens (tertiary/aromatic N) is 3. The molecule has 6 heteroatoms. The number of Topliss-reactive ketones (excluding diaryl/α,β-unsaturated/α-hetero) is 1. The van der Waals surface area contributed by atoms with Crippen LogP contribution in [-0.4, -0.2) is 19.7 Å². The number of hydrogen-bond donors (Lipinski definition) is 0. The SMILES string of the molecule is CCc1c(C)n(CC(=O)c2ccco2)c2nc3ccccc3n2c1=O. The number of carbonyl (C=O) groups excluding carboxylic acids is 1. The predicted octanol–water partition coefficient (Wildman–Crippen LogP) is 3.00. The zero-order chi connectivity index (χ0) is 17.6. The molecule has 0 N–H and O–H groups in total. The summed E-state index contributed by atoms with van der Waals surface area (Å²) in [6, 6.07) is 10.8. The van der Waals surface area contributed by atoms with E-state index in [9.17, 15) is 9.59 Å². The van der Waals surface area contributed by atoms with Crippen LogP contribution in [0.1, 0.15) is 28.7 Å². The van der Waals surface area contributed by atoms with E-state index in [-0.39, 0.29) is 17.9 Å². The van der Waals surface area contributed by atoms with Crippen LogP contribution in [0.3, 0.4) is 0 Å². The molecule has 4 rings (SSSR count). The first kappa shape index (κ1) is 15.4. The maximum atomic E-state index is 12.9. The molecule has 0 fully saturated rings. The Balaban J connectivity index is 2.02. The summed E-state index contributed by atoms with van der Waals surface area (Å²) in [7, 11) is 0. The highest BCUT2D eigenvalue weighted by molar-refractivity contribution is 5.93. The van der Waals surface area contributed by atoms with Gasteiger partial charge >= 0.3 is 0 Å². The fraction of sp³-hybridized carbons (Fsp3) is 0.211. The van der Waals surface area contributed by atoms with Crippen molar-refractivity contribution in [2.45, 2.75) is 26.8 Å². The zero-order valence-corrected chi connectivity index (χ0v) is 14.0. The number of hydrogen-bond acceptors (Lipinski definition) is 4. The van der Waals surface area contributed by atoms with E-state index in [1.807, 2.05) is 38.1 Å². The molecule has 3 aromatic heterocycles. The molecular formula is C19H17N3O3. The van der Waals surface area contributed by atoms with E-state index in [0.29, 0.717) is 23.5 Å². The lowest BCUT2D eigenvalue weighted by molar-refractivity contribution is 0.0945. The molecular weight excluding hydrogens is 318 g/mol. The summed E-state index contributed by atoms with van der Waals surface area (Å²) < 4.78 is 8.60. The molecule has 3 heterocycles. The maximum absolute atomic E-state index is 12.9. The van der Waals surface area contributed by atoms with Crippen LogP contribution >= 0.6 is 0 Å². The van der Waals surface area contributed by atoms with Crippen LogP contribution in [-0.2, 0) is 13.0 Å². The number of benzene rings is 1. The van der Waals surface area contributed by atoms with Crippen LogP contribution < -0.4 is 5.56 Å². The highest BCUT2D eigenvalue weighted by Crippen LogP contribution is 2.18. The number of fused-ring (bicyclic) bond motifs is 3. The Bertz CT molecular complexity index is 1150. The number of rotatable bonds is 4. The molecule has 0 saturated heterocycles. The second-order valence-corrected chi connectivity index (χ2v) is 5.95. The van der Waals surface area contributed by atoms with Gasteiger partial charge in [-0.25, -0.2) is 9.38 Å². The van der Waals surface area contributed by atoms with Crippen LogP contribution in [0.5, 0.6) is 0 Å². The molecule has 6 nitrogen and oxygen atoms in total. The van der Waals surface area contributed by atoms with E-state index in [2.05, 4.69) is 4.98 Å². The van der Waals surface area contributed by atoms with Gasteiger partial charge in [0.25, 0.3) is 5.56 Å². The lowest BCUT2D eigenvalue weighted by Gasteiger charge is -2.14. The summed E-state index contributed by atoms with van der Waals surface area (Å²) in [5.41, 5.74) is 2.84. The molecule has 0 aliphatic carbocycles. The Kier molecular flexibility index (Phi) is 3.53. The zero-order valence-electron chi connectivity index (χ0n) is 14.0. The number of carbonyl (C=O) groups is 1. The molecule has 0 spiro atoms. The summed E-state index contributed by atoms with van der Waals surface area (Å²) in [5, 5.41) is 0. The lowest BCUT2D eigenvalue weighted by Crippen LogP contribution is -2.26.